The summed E-state index contributed by atoms with van der Waals surface area (Å²) in [6.07, 6.45) is -4.47. The topological polar surface area (TPSA) is 82.3 Å². The molecule has 0 saturated heterocycles. The van der Waals surface area contributed by atoms with Gasteiger partial charge in [0.15, 0.2) is 5.11 Å². The molecule has 0 bridgehead atoms. The van der Waals surface area contributed by atoms with E-state index < -0.39 is 23.6 Å². The van der Waals surface area contributed by atoms with E-state index in [0.29, 0.717) is 0 Å². The largest absolute Gasteiger partial charge is 0.416 e. The lowest BCUT2D eigenvalue weighted by atomic mass is 10.1. The summed E-state index contributed by atoms with van der Waals surface area (Å²) in [6, 6.07) is 3.67. The van der Waals surface area contributed by atoms with Gasteiger partial charge in [-0.15, -0.1) is 0 Å². The van der Waals surface area contributed by atoms with Gasteiger partial charge in [0.1, 0.15) is 0 Å². The van der Waals surface area contributed by atoms with Crippen molar-refractivity contribution in [1.82, 2.24) is 21.5 Å². The van der Waals surface area contributed by atoms with Crippen molar-refractivity contribution in [3.63, 3.8) is 0 Å². The summed E-state index contributed by atoms with van der Waals surface area (Å²) in [7, 11) is 0. The lowest BCUT2D eigenvalue weighted by Gasteiger charge is -2.23. The number of nitrogens with one attached hydrogen (secondary N) is 4. The first-order valence-corrected chi connectivity index (χ1v) is 7.62. The summed E-state index contributed by atoms with van der Waals surface area (Å²) >= 11 is 4.96. The number of hydrazine groups is 1. The van der Waals surface area contributed by atoms with E-state index in [4.69, 9.17) is 12.2 Å². The molecule has 2 amide bonds. The van der Waals surface area contributed by atoms with Crippen molar-refractivity contribution < 1.29 is 22.8 Å². The van der Waals surface area contributed by atoms with Crippen molar-refractivity contribution in [3.8, 4) is 0 Å². The molecule has 0 saturated carbocycles. The molecule has 0 heterocycles. The zero-order valence-corrected chi connectivity index (χ0v) is 14.7. The number of carbonyl (C=O) groups is 2. The number of alkyl halides is 3. The predicted molar refractivity (Wildman–Crippen MR) is 90.5 cm³/mol. The number of hydrogen-bond donors (Lipinski definition) is 4. The van der Waals surface area contributed by atoms with E-state index in [9.17, 15) is 22.8 Å². The van der Waals surface area contributed by atoms with Crippen molar-refractivity contribution in [2.45, 2.75) is 32.5 Å². The Morgan fingerprint density at radius 3 is 2.08 bits per heavy atom. The number of carbonyl (C=O) groups excluding carboxylic acids is 2. The van der Waals surface area contributed by atoms with Gasteiger partial charge in [0.25, 0.3) is 11.8 Å². The molecule has 1 aromatic carbocycles. The smallest absolute Gasteiger partial charge is 0.357 e. The van der Waals surface area contributed by atoms with Gasteiger partial charge in [-0.25, -0.2) is 0 Å². The zero-order valence-electron chi connectivity index (χ0n) is 13.9. The fourth-order valence-electron chi connectivity index (χ4n) is 1.62. The van der Waals surface area contributed by atoms with Gasteiger partial charge < -0.3 is 10.6 Å². The Hall–Kier alpha value is -2.36. The van der Waals surface area contributed by atoms with Gasteiger partial charge in [-0.2, -0.15) is 13.2 Å². The van der Waals surface area contributed by atoms with Gasteiger partial charge in [0, 0.05) is 11.1 Å². The molecule has 6 nitrogen and oxygen atoms in total. The van der Waals surface area contributed by atoms with Gasteiger partial charge in [0.2, 0.25) is 0 Å². The molecule has 0 fully saturated rings. The van der Waals surface area contributed by atoms with Gasteiger partial charge >= 0.3 is 6.18 Å². The SMILES string of the molecule is CC(C)(C)NC(=S)NNC(=O)CNC(=O)c1ccc(C(F)(F)F)cc1. The van der Waals surface area contributed by atoms with E-state index in [0.717, 1.165) is 24.3 Å². The third-order valence-corrected chi connectivity index (χ3v) is 2.89. The molecule has 1 aromatic rings. The Kier molecular flexibility index (Phi) is 6.74. The van der Waals surface area contributed by atoms with Crippen molar-refractivity contribution >= 4 is 29.1 Å². The third kappa shape index (κ3) is 7.84. The molecule has 0 aromatic heterocycles. The average Bonchev–Trinajstić information content (AvgIpc) is 2.48. The van der Waals surface area contributed by atoms with Crippen LogP contribution in [0.5, 0.6) is 0 Å². The lowest BCUT2D eigenvalue weighted by Crippen LogP contribution is -2.53. The Morgan fingerprint density at radius 1 is 1.04 bits per heavy atom. The maximum atomic E-state index is 12.5. The first-order valence-electron chi connectivity index (χ1n) is 7.21. The van der Waals surface area contributed by atoms with Crippen LogP contribution in [0.3, 0.4) is 0 Å². The Labute approximate surface area is 148 Å². The molecule has 0 spiro atoms. The minimum absolute atomic E-state index is 0.0127. The summed E-state index contributed by atoms with van der Waals surface area (Å²) in [4.78, 5) is 23.4. The summed E-state index contributed by atoms with van der Waals surface area (Å²) in [6.45, 7) is 5.28. The van der Waals surface area contributed by atoms with Crippen molar-refractivity contribution in [3.05, 3.63) is 35.4 Å². The molecule has 0 radical (unpaired) electrons. The van der Waals surface area contributed by atoms with Crippen LogP contribution in [0.25, 0.3) is 0 Å². The maximum Gasteiger partial charge on any atom is 0.416 e. The number of halogens is 3. The van der Waals surface area contributed by atoms with Crippen molar-refractivity contribution in [2.24, 2.45) is 0 Å². The van der Waals surface area contributed by atoms with E-state index in [1.807, 2.05) is 20.8 Å². The minimum Gasteiger partial charge on any atom is -0.357 e. The summed E-state index contributed by atoms with van der Waals surface area (Å²) < 4.78 is 37.4. The number of benzene rings is 1. The molecule has 0 unspecified atom stereocenters. The molecule has 138 valence electrons. The highest BCUT2D eigenvalue weighted by molar-refractivity contribution is 7.80. The van der Waals surface area contributed by atoms with Crippen LogP contribution in [0.2, 0.25) is 0 Å². The van der Waals surface area contributed by atoms with Gasteiger partial charge in [0.05, 0.1) is 12.1 Å². The molecular formula is C15H19F3N4O2S. The number of rotatable bonds is 3. The molecule has 0 aliphatic carbocycles. The molecule has 4 N–H and O–H groups in total. The normalized spacial score (nSPS) is 11.4. The highest BCUT2D eigenvalue weighted by Crippen LogP contribution is 2.28. The molecular weight excluding hydrogens is 357 g/mol. The standard InChI is InChI=1S/C15H19F3N4O2S/c1-14(2,3)20-13(25)22-21-11(23)8-19-12(24)9-4-6-10(7-5-9)15(16,17)18/h4-7H,8H2,1-3H3,(H,19,24)(H,21,23)(H2,20,22,25). The van der Waals surface area contributed by atoms with Crippen molar-refractivity contribution in [2.75, 3.05) is 6.54 Å². The van der Waals surface area contributed by atoms with E-state index in [2.05, 4.69) is 21.5 Å². The fraction of sp³-hybridized carbons (Fsp3) is 0.400. The molecule has 0 aliphatic rings. The van der Waals surface area contributed by atoms with Crippen LogP contribution in [-0.4, -0.2) is 29.0 Å². The molecule has 1 rings (SSSR count). The second-order valence-corrected chi connectivity index (χ2v) is 6.54. The monoisotopic (exact) mass is 376 g/mol. The van der Waals surface area contributed by atoms with Crippen LogP contribution < -0.4 is 21.5 Å². The lowest BCUT2D eigenvalue weighted by molar-refractivity contribution is -0.137. The second kappa shape index (κ2) is 8.15. The average molecular weight is 376 g/mol. The van der Waals surface area contributed by atoms with Gasteiger partial charge in [-0.05, 0) is 57.3 Å². The summed E-state index contributed by atoms with van der Waals surface area (Å²) in [5, 5.41) is 5.41. The Morgan fingerprint density at radius 2 is 1.60 bits per heavy atom. The molecule has 25 heavy (non-hydrogen) atoms. The third-order valence-electron chi connectivity index (χ3n) is 2.69. The van der Waals surface area contributed by atoms with Gasteiger partial charge in [-0.3, -0.25) is 20.4 Å². The van der Waals surface area contributed by atoms with E-state index in [1.165, 1.54) is 0 Å². The summed E-state index contributed by atoms with van der Waals surface area (Å²) in [5.41, 5.74) is 3.63. The van der Waals surface area contributed by atoms with Crippen molar-refractivity contribution in [1.29, 1.82) is 0 Å². The van der Waals surface area contributed by atoms with Gasteiger partial charge in [-0.1, -0.05) is 0 Å². The second-order valence-electron chi connectivity index (χ2n) is 6.14. The maximum absolute atomic E-state index is 12.5. The molecule has 10 heteroatoms. The highest BCUT2D eigenvalue weighted by Gasteiger charge is 2.30. The fourth-order valence-corrected chi connectivity index (χ4v) is 1.97. The Bertz CT molecular complexity index is 640. The van der Waals surface area contributed by atoms with Crippen LogP contribution in [0.1, 0.15) is 36.7 Å². The Balaban J connectivity index is 2.43. The molecule has 0 atom stereocenters. The van der Waals surface area contributed by atoms with Crippen LogP contribution in [-0.2, 0) is 11.0 Å². The minimum atomic E-state index is -4.47. The quantitative estimate of drug-likeness (QED) is 0.477. The first-order chi connectivity index (χ1) is 11.4. The number of amides is 2. The summed E-state index contributed by atoms with van der Waals surface area (Å²) in [5.74, 6) is -1.24. The first kappa shape index (κ1) is 20.7. The van der Waals surface area contributed by atoms with E-state index in [1.54, 1.807) is 0 Å². The number of thiocarbonyl (C=S) groups is 1. The van der Waals surface area contributed by atoms with Crippen LogP contribution in [0.4, 0.5) is 13.2 Å². The van der Waals surface area contributed by atoms with E-state index in [-0.39, 0.29) is 22.8 Å². The highest BCUT2D eigenvalue weighted by atomic mass is 32.1. The zero-order chi connectivity index (χ0) is 19.3. The van der Waals surface area contributed by atoms with E-state index >= 15 is 0 Å². The van der Waals surface area contributed by atoms with Crippen LogP contribution in [0.15, 0.2) is 24.3 Å². The predicted octanol–water partition coefficient (Wildman–Crippen LogP) is 1.73. The van der Waals surface area contributed by atoms with Crippen LogP contribution >= 0.6 is 12.2 Å². The molecule has 0 aliphatic heterocycles. The number of hydrogen-bond acceptors (Lipinski definition) is 3. The van der Waals surface area contributed by atoms with Crippen LogP contribution in [0, 0.1) is 0 Å².